The molecule has 0 spiro atoms. The van der Waals surface area contributed by atoms with Gasteiger partial charge in [0, 0.05) is 31.0 Å². The van der Waals surface area contributed by atoms with Crippen LogP contribution in [0.3, 0.4) is 0 Å². The number of hydrogen-bond donors (Lipinski definition) is 1. The van der Waals surface area contributed by atoms with E-state index in [-0.39, 0.29) is 12.1 Å². The zero-order chi connectivity index (χ0) is 15.9. The first kappa shape index (κ1) is 17.3. The van der Waals surface area contributed by atoms with Crippen LogP contribution in [-0.4, -0.2) is 43.3 Å². The van der Waals surface area contributed by atoms with Crippen LogP contribution in [0.25, 0.3) is 0 Å². The molecule has 2 N–H and O–H groups in total. The molecule has 0 saturated carbocycles. The van der Waals surface area contributed by atoms with Crippen molar-refractivity contribution in [1.82, 2.24) is 4.90 Å². The molecular formula is C14H19F3N2O2. The van der Waals surface area contributed by atoms with E-state index in [2.05, 4.69) is 0 Å². The fourth-order valence-electron chi connectivity index (χ4n) is 1.78. The van der Waals surface area contributed by atoms with E-state index >= 15 is 0 Å². The fourth-order valence-corrected chi connectivity index (χ4v) is 1.78. The zero-order valence-electron chi connectivity index (χ0n) is 11.8. The van der Waals surface area contributed by atoms with Crippen LogP contribution in [0.15, 0.2) is 24.3 Å². The summed E-state index contributed by atoms with van der Waals surface area (Å²) in [4.78, 5) is 12.9. The predicted molar refractivity (Wildman–Crippen MR) is 73.9 cm³/mol. The summed E-state index contributed by atoms with van der Waals surface area (Å²) in [6, 6.07) is 5.81. The lowest BCUT2D eigenvalue weighted by atomic mass is 10.1. The van der Waals surface area contributed by atoms with Gasteiger partial charge in [-0.3, -0.25) is 4.79 Å². The van der Waals surface area contributed by atoms with Crippen LogP contribution < -0.4 is 5.73 Å². The standard InChI is InChI=1S/C14H19F3N2O2/c1-2-21-9-3-8-19(10-14(15,16)17)13(20)11-4-6-12(18)7-5-11/h4-7H,2-3,8-10,18H2,1H3. The highest BCUT2D eigenvalue weighted by molar-refractivity contribution is 5.94. The fraction of sp³-hybridized carbons (Fsp3) is 0.500. The van der Waals surface area contributed by atoms with E-state index in [0.29, 0.717) is 25.3 Å². The molecule has 1 aromatic carbocycles. The Bertz CT molecular complexity index is 447. The number of nitrogens with zero attached hydrogens (tertiary/aromatic N) is 1. The number of rotatable bonds is 7. The molecule has 0 heterocycles. The third kappa shape index (κ3) is 6.48. The Morgan fingerprint density at radius 2 is 1.90 bits per heavy atom. The summed E-state index contributed by atoms with van der Waals surface area (Å²) < 4.78 is 42.8. The quantitative estimate of drug-likeness (QED) is 0.622. The van der Waals surface area contributed by atoms with Crippen molar-refractivity contribution in [3.63, 3.8) is 0 Å². The van der Waals surface area contributed by atoms with Gasteiger partial charge in [-0.05, 0) is 37.6 Å². The first-order valence-corrected chi connectivity index (χ1v) is 6.63. The second-order valence-corrected chi connectivity index (χ2v) is 4.51. The third-order valence-corrected chi connectivity index (χ3v) is 2.74. The number of nitrogen functional groups attached to an aromatic ring is 1. The van der Waals surface area contributed by atoms with E-state index in [1.807, 2.05) is 0 Å². The second-order valence-electron chi connectivity index (χ2n) is 4.51. The molecule has 0 aliphatic carbocycles. The van der Waals surface area contributed by atoms with Gasteiger partial charge in [0.25, 0.3) is 5.91 Å². The second kappa shape index (κ2) is 7.87. The zero-order valence-corrected chi connectivity index (χ0v) is 11.8. The molecular weight excluding hydrogens is 285 g/mol. The maximum atomic E-state index is 12.6. The first-order valence-electron chi connectivity index (χ1n) is 6.63. The van der Waals surface area contributed by atoms with E-state index in [1.54, 1.807) is 6.92 Å². The van der Waals surface area contributed by atoms with E-state index in [0.717, 1.165) is 4.90 Å². The number of carbonyl (C=O) groups excluding carboxylic acids is 1. The summed E-state index contributed by atoms with van der Waals surface area (Å²) in [5.41, 5.74) is 6.13. The number of ether oxygens (including phenoxy) is 1. The molecule has 0 bridgehead atoms. The Hall–Kier alpha value is -1.76. The molecule has 1 aromatic rings. The highest BCUT2D eigenvalue weighted by Gasteiger charge is 2.33. The summed E-state index contributed by atoms with van der Waals surface area (Å²) in [5.74, 6) is -0.663. The Labute approximate surface area is 121 Å². The van der Waals surface area contributed by atoms with Crippen LogP contribution >= 0.6 is 0 Å². The van der Waals surface area contributed by atoms with Gasteiger partial charge in [-0.25, -0.2) is 0 Å². The minimum absolute atomic E-state index is 0.0112. The average molecular weight is 304 g/mol. The molecule has 0 atom stereocenters. The van der Waals surface area contributed by atoms with Gasteiger partial charge in [0.05, 0.1) is 0 Å². The molecule has 0 aliphatic rings. The number of hydrogen-bond acceptors (Lipinski definition) is 3. The summed E-state index contributed by atoms with van der Waals surface area (Å²) in [7, 11) is 0. The number of amides is 1. The molecule has 0 aliphatic heterocycles. The van der Waals surface area contributed by atoms with Gasteiger partial charge in [0.15, 0.2) is 0 Å². The van der Waals surface area contributed by atoms with Gasteiger partial charge >= 0.3 is 6.18 Å². The normalized spacial score (nSPS) is 11.4. The molecule has 0 radical (unpaired) electrons. The summed E-state index contributed by atoms with van der Waals surface area (Å²) in [6.45, 7) is 1.32. The van der Waals surface area contributed by atoms with E-state index in [1.165, 1.54) is 24.3 Å². The van der Waals surface area contributed by atoms with Crippen molar-refractivity contribution >= 4 is 11.6 Å². The first-order chi connectivity index (χ1) is 9.83. The van der Waals surface area contributed by atoms with Crippen molar-refractivity contribution in [3.8, 4) is 0 Å². The minimum Gasteiger partial charge on any atom is -0.399 e. The molecule has 0 saturated heterocycles. The van der Waals surface area contributed by atoms with E-state index < -0.39 is 18.6 Å². The van der Waals surface area contributed by atoms with Gasteiger partial charge in [0.2, 0.25) is 0 Å². The van der Waals surface area contributed by atoms with Gasteiger partial charge in [0.1, 0.15) is 6.54 Å². The van der Waals surface area contributed by atoms with E-state index in [9.17, 15) is 18.0 Å². The molecule has 7 heteroatoms. The number of anilines is 1. The van der Waals surface area contributed by atoms with Crippen LogP contribution in [0.2, 0.25) is 0 Å². The lowest BCUT2D eigenvalue weighted by molar-refractivity contribution is -0.141. The summed E-state index contributed by atoms with van der Waals surface area (Å²) in [5, 5.41) is 0. The number of benzene rings is 1. The lowest BCUT2D eigenvalue weighted by Gasteiger charge is -2.24. The lowest BCUT2D eigenvalue weighted by Crippen LogP contribution is -2.40. The van der Waals surface area contributed by atoms with Crippen molar-refractivity contribution in [2.75, 3.05) is 32.0 Å². The smallest absolute Gasteiger partial charge is 0.399 e. The SMILES string of the molecule is CCOCCCN(CC(F)(F)F)C(=O)c1ccc(N)cc1. The highest BCUT2D eigenvalue weighted by atomic mass is 19.4. The monoisotopic (exact) mass is 304 g/mol. The molecule has 21 heavy (non-hydrogen) atoms. The van der Waals surface area contributed by atoms with Crippen LogP contribution in [0.5, 0.6) is 0 Å². The molecule has 118 valence electrons. The minimum atomic E-state index is -4.44. The third-order valence-electron chi connectivity index (χ3n) is 2.74. The van der Waals surface area contributed by atoms with Crippen molar-refractivity contribution in [2.24, 2.45) is 0 Å². The summed E-state index contributed by atoms with van der Waals surface area (Å²) >= 11 is 0. The largest absolute Gasteiger partial charge is 0.406 e. The van der Waals surface area contributed by atoms with Crippen LogP contribution in [0.4, 0.5) is 18.9 Å². The van der Waals surface area contributed by atoms with Crippen LogP contribution in [0.1, 0.15) is 23.7 Å². The average Bonchev–Trinajstić information content (AvgIpc) is 2.41. The van der Waals surface area contributed by atoms with Gasteiger partial charge in [-0.15, -0.1) is 0 Å². The molecule has 1 amide bonds. The Balaban J connectivity index is 2.74. The molecule has 0 unspecified atom stereocenters. The van der Waals surface area contributed by atoms with Gasteiger partial charge in [-0.2, -0.15) is 13.2 Å². The van der Waals surface area contributed by atoms with Crippen LogP contribution in [0, 0.1) is 0 Å². The molecule has 4 nitrogen and oxygen atoms in total. The van der Waals surface area contributed by atoms with E-state index in [4.69, 9.17) is 10.5 Å². The Kier molecular flexibility index (Phi) is 6.48. The Morgan fingerprint density at radius 1 is 1.29 bits per heavy atom. The summed E-state index contributed by atoms with van der Waals surface area (Å²) in [6.07, 6.45) is -4.08. The number of alkyl halides is 3. The van der Waals surface area contributed by atoms with Gasteiger partial charge in [-0.1, -0.05) is 0 Å². The number of carbonyl (C=O) groups is 1. The number of nitrogens with two attached hydrogens (primary N) is 1. The van der Waals surface area contributed by atoms with Crippen molar-refractivity contribution < 1.29 is 22.7 Å². The van der Waals surface area contributed by atoms with Gasteiger partial charge < -0.3 is 15.4 Å². The van der Waals surface area contributed by atoms with Crippen molar-refractivity contribution in [3.05, 3.63) is 29.8 Å². The number of halogens is 3. The van der Waals surface area contributed by atoms with Crippen LogP contribution in [-0.2, 0) is 4.74 Å². The van der Waals surface area contributed by atoms with Crippen molar-refractivity contribution in [1.29, 1.82) is 0 Å². The topological polar surface area (TPSA) is 55.6 Å². The molecule has 0 aromatic heterocycles. The molecule has 1 rings (SSSR count). The molecule has 0 fully saturated rings. The highest BCUT2D eigenvalue weighted by Crippen LogP contribution is 2.19. The maximum absolute atomic E-state index is 12.6. The van der Waals surface area contributed by atoms with Crippen molar-refractivity contribution in [2.45, 2.75) is 19.5 Å². The Morgan fingerprint density at radius 3 is 2.43 bits per heavy atom. The predicted octanol–water partition coefficient (Wildman–Crippen LogP) is 2.70. The maximum Gasteiger partial charge on any atom is 0.406 e.